The van der Waals surface area contributed by atoms with Crippen LogP contribution in [0.15, 0.2) is 147 Å². The number of para-hydroxylation sites is 3. The van der Waals surface area contributed by atoms with Crippen LogP contribution in [0.4, 0.5) is 0 Å². The Morgan fingerprint density at radius 1 is 0.362 bits per heavy atom. The van der Waals surface area contributed by atoms with Gasteiger partial charge in [-0.1, -0.05) is 72.8 Å². The number of nitrogens with zero attached hydrogens (tertiary/aromatic N) is 4. The molecular formula is C40H22N4O3. The molecule has 10 rings (SSSR count). The van der Waals surface area contributed by atoms with Gasteiger partial charge in [0.15, 0.2) is 23.1 Å². The number of aromatic nitrogens is 4. The molecule has 47 heavy (non-hydrogen) atoms. The number of hydrogen-bond acceptors (Lipinski definition) is 7. The number of rotatable bonds is 4. The summed E-state index contributed by atoms with van der Waals surface area (Å²) >= 11 is 0. The van der Waals surface area contributed by atoms with Crippen molar-refractivity contribution in [2.75, 3.05) is 0 Å². The first-order chi connectivity index (χ1) is 23.2. The van der Waals surface area contributed by atoms with E-state index >= 15 is 0 Å². The molecule has 7 heteroatoms. The second-order valence-electron chi connectivity index (χ2n) is 11.5. The third-order valence-corrected chi connectivity index (χ3v) is 8.58. The van der Waals surface area contributed by atoms with E-state index in [1.54, 1.807) is 0 Å². The van der Waals surface area contributed by atoms with E-state index in [1.807, 2.05) is 121 Å². The fraction of sp³-hybridized carbons (Fsp3) is 0. The van der Waals surface area contributed by atoms with Crippen molar-refractivity contribution in [3.05, 3.63) is 133 Å². The Labute approximate surface area is 266 Å². The largest absolute Gasteiger partial charge is 0.456 e. The number of hydrogen-bond donors (Lipinski definition) is 0. The molecule has 0 aliphatic carbocycles. The molecule has 0 spiro atoms. The SMILES string of the molecule is c1ccc(-c2nc(-c3ccc4oc5ccccc5c4c3)nc(-c3cccc4oc5cc(-c6nc7ccccc7o6)ccc5c34)n2)cc1. The van der Waals surface area contributed by atoms with Gasteiger partial charge in [0.05, 0.1) is 0 Å². The van der Waals surface area contributed by atoms with Crippen LogP contribution in [-0.4, -0.2) is 19.9 Å². The van der Waals surface area contributed by atoms with Gasteiger partial charge in [0.2, 0.25) is 5.89 Å². The lowest BCUT2D eigenvalue weighted by molar-refractivity contribution is 0.619. The second kappa shape index (κ2) is 9.95. The molecule has 0 saturated carbocycles. The number of benzene rings is 6. The van der Waals surface area contributed by atoms with E-state index in [-0.39, 0.29) is 0 Å². The van der Waals surface area contributed by atoms with Crippen LogP contribution in [0.1, 0.15) is 0 Å². The van der Waals surface area contributed by atoms with Crippen LogP contribution in [0.5, 0.6) is 0 Å². The van der Waals surface area contributed by atoms with Crippen LogP contribution in [0.25, 0.3) is 101 Å². The Hall–Kier alpha value is -6.60. The average Bonchev–Trinajstić information content (AvgIpc) is 3.84. The summed E-state index contributed by atoms with van der Waals surface area (Å²) in [5, 5.41) is 3.94. The summed E-state index contributed by atoms with van der Waals surface area (Å²) < 4.78 is 18.5. The zero-order chi connectivity index (χ0) is 30.9. The second-order valence-corrected chi connectivity index (χ2v) is 11.5. The Kier molecular flexibility index (Phi) is 5.44. The lowest BCUT2D eigenvalue weighted by Gasteiger charge is -2.09. The highest BCUT2D eigenvalue weighted by molar-refractivity contribution is 6.12. The van der Waals surface area contributed by atoms with Crippen LogP contribution in [-0.2, 0) is 0 Å². The lowest BCUT2D eigenvalue weighted by atomic mass is 10.0. The van der Waals surface area contributed by atoms with Crippen LogP contribution in [0.2, 0.25) is 0 Å². The minimum atomic E-state index is 0.547. The fourth-order valence-electron chi connectivity index (χ4n) is 6.35. The standard InChI is InChI=1S/C40H22N4O3/c1-2-9-23(10-3-1)37-42-38(24-18-20-32-29(21-24)26-11-4-6-14-31(26)45-32)44-39(43-37)28-12-8-16-34-36(28)27-19-17-25(22-35(27)46-34)40-41-30-13-5-7-15-33(30)47-40/h1-22H. The Morgan fingerprint density at radius 3 is 1.96 bits per heavy atom. The smallest absolute Gasteiger partial charge is 0.227 e. The maximum absolute atomic E-state index is 6.41. The van der Waals surface area contributed by atoms with E-state index in [1.165, 1.54) is 0 Å². The molecule has 0 N–H and O–H groups in total. The van der Waals surface area contributed by atoms with Crippen molar-refractivity contribution in [2.45, 2.75) is 0 Å². The summed E-state index contributed by atoms with van der Waals surface area (Å²) in [4.78, 5) is 19.7. The van der Waals surface area contributed by atoms with Gasteiger partial charge in [-0.2, -0.15) is 0 Å². The summed E-state index contributed by atoms with van der Waals surface area (Å²) in [7, 11) is 0. The van der Waals surface area contributed by atoms with Gasteiger partial charge in [0.1, 0.15) is 27.8 Å². The van der Waals surface area contributed by atoms with E-state index in [2.05, 4.69) is 17.1 Å². The molecule has 0 aliphatic rings. The molecule has 4 aromatic heterocycles. The zero-order valence-electron chi connectivity index (χ0n) is 24.7. The molecular weight excluding hydrogens is 584 g/mol. The Morgan fingerprint density at radius 2 is 1.06 bits per heavy atom. The predicted octanol–water partition coefficient (Wildman–Crippen LogP) is 10.5. The maximum Gasteiger partial charge on any atom is 0.227 e. The molecule has 0 saturated heterocycles. The highest BCUT2D eigenvalue weighted by Gasteiger charge is 2.19. The molecule has 6 aromatic carbocycles. The molecule has 220 valence electrons. The van der Waals surface area contributed by atoms with Crippen LogP contribution >= 0.6 is 0 Å². The molecule has 0 aliphatic heterocycles. The average molecular weight is 607 g/mol. The molecule has 0 atom stereocenters. The summed E-state index contributed by atoms with van der Waals surface area (Å²) in [6.45, 7) is 0. The number of oxazole rings is 1. The van der Waals surface area contributed by atoms with Crippen molar-refractivity contribution < 1.29 is 13.3 Å². The van der Waals surface area contributed by atoms with E-state index in [0.29, 0.717) is 23.4 Å². The molecule has 0 amide bonds. The first-order valence-corrected chi connectivity index (χ1v) is 15.3. The third-order valence-electron chi connectivity index (χ3n) is 8.58. The molecule has 0 fully saturated rings. The first-order valence-electron chi connectivity index (χ1n) is 15.3. The molecule has 0 unspecified atom stereocenters. The summed E-state index contributed by atoms with van der Waals surface area (Å²) in [6, 6.07) is 43.9. The predicted molar refractivity (Wildman–Crippen MR) is 184 cm³/mol. The van der Waals surface area contributed by atoms with E-state index < -0.39 is 0 Å². The van der Waals surface area contributed by atoms with Crippen molar-refractivity contribution >= 4 is 55.0 Å². The zero-order valence-corrected chi connectivity index (χ0v) is 24.7. The highest BCUT2D eigenvalue weighted by atomic mass is 16.4. The first kappa shape index (κ1) is 25.7. The molecule has 7 nitrogen and oxygen atoms in total. The third kappa shape index (κ3) is 4.14. The van der Waals surface area contributed by atoms with Crippen molar-refractivity contribution in [3.63, 3.8) is 0 Å². The van der Waals surface area contributed by atoms with Gasteiger partial charge >= 0.3 is 0 Å². The normalized spacial score (nSPS) is 11.8. The fourth-order valence-corrected chi connectivity index (χ4v) is 6.35. The van der Waals surface area contributed by atoms with E-state index in [0.717, 1.165) is 77.2 Å². The lowest BCUT2D eigenvalue weighted by Crippen LogP contribution is -2.00. The van der Waals surface area contributed by atoms with E-state index in [9.17, 15) is 0 Å². The summed E-state index contributed by atoms with van der Waals surface area (Å²) in [6.07, 6.45) is 0. The number of furan rings is 2. The van der Waals surface area contributed by atoms with Crippen LogP contribution in [0, 0.1) is 0 Å². The van der Waals surface area contributed by atoms with Gasteiger partial charge in [-0.15, -0.1) is 0 Å². The van der Waals surface area contributed by atoms with Crippen molar-refractivity contribution in [2.24, 2.45) is 0 Å². The minimum absolute atomic E-state index is 0.547. The molecule has 4 heterocycles. The topological polar surface area (TPSA) is 91.0 Å². The molecule has 0 bridgehead atoms. The highest BCUT2D eigenvalue weighted by Crippen LogP contribution is 2.39. The van der Waals surface area contributed by atoms with Gasteiger partial charge in [-0.3, -0.25) is 0 Å². The molecule has 10 aromatic rings. The summed E-state index contributed by atoms with van der Waals surface area (Å²) in [5.74, 6) is 2.27. The summed E-state index contributed by atoms with van der Waals surface area (Å²) in [5.41, 5.74) is 8.15. The van der Waals surface area contributed by atoms with E-state index in [4.69, 9.17) is 28.2 Å². The maximum atomic E-state index is 6.41. The Balaban J connectivity index is 1.16. The van der Waals surface area contributed by atoms with Crippen molar-refractivity contribution in [3.8, 4) is 45.6 Å². The van der Waals surface area contributed by atoms with Crippen LogP contribution < -0.4 is 0 Å². The number of fused-ring (bicyclic) bond motifs is 7. The van der Waals surface area contributed by atoms with Gasteiger partial charge < -0.3 is 13.3 Å². The minimum Gasteiger partial charge on any atom is -0.456 e. The van der Waals surface area contributed by atoms with Gasteiger partial charge in [-0.05, 0) is 60.7 Å². The monoisotopic (exact) mass is 606 g/mol. The Bertz CT molecular complexity index is 2780. The van der Waals surface area contributed by atoms with Gasteiger partial charge in [0.25, 0.3) is 0 Å². The van der Waals surface area contributed by atoms with Crippen molar-refractivity contribution in [1.82, 2.24) is 19.9 Å². The van der Waals surface area contributed by atoms with Gasteiger partial charge in [-0.25, -0.2) is 19.9 Å². The van der Waals surface area contributed by atoms with Crippen LogP contribution in [0.3, 0.4) is 0 Å². The van der Waals surface area contributed by atoms with Gasteiger partial charge in [0, 0.05) is 43.8 Å². The van der Waals surface area contributed by atoms with Crippen molar-refractivity contribution in [1.29, 1.82) is 0 Å². The quantitative estimate of drug-likeness (QED) is 0.197. The molecule has 0 radical (unpaired) electrons.